The summed E-state index contributed by atoms with van der Waals surface area (Å²) in [4.78, 5) is 13.0. The summed E-state index contributed by atoms with van der Waals surface area (Å²) in [5.41, 5.74) is 1.81. The van der Waals surface area contributed by atoms with Crippen LogP contribution in [0.2, 0.25) is 0 Å². The van der Waals surface area contributed by atoms with E-state index in [-0.39, 0.29) is 6.61 Å². The smallest absolute Gasteiger partial charge is 0.313 e. The number of hydrogen-bond acceptors (Lipinski definition) is 3. The Morgan fingerprint density at radius 2 is 1.94 bits per heavy atom. The van der Waals surface area contributed by atoms with E-state index in [1.54, 1.807) is 0 Å². The minimum atomic E-state index is -0.862. The molecule has 1 atom stereocenters. The summed E-state index contributed by atoms with van der Waals surface area (Å²) in [5.74, 6) is -1.46. The van der Waals surface area contributed by atoms with Gasteiger partial charge >= 0.3 is 5.97 Å². The van der Waals surface area contributed by atoms with Crippen LogP contribution in [0.5, 0.6) is 0 Å². The highest BCUT2D eigenvalue weighted by molar-refractivity contribution is 5.76. The normalized spacial score (nSPS) is 12.2. The van der Waals surface area contributed by atoms with Crippen LogP contribution in [0.15, 0.2) is 24.3 Å². The summed E-state index contributed by atoms with van der Waals surface area (Å²) in [6.07, 6.45) is 0. The van der Waals surface area contributed by atoms with Crippen LogP contribution < -0.4 is 4.90 Å². The molecule has 0 saturated heterocycles. The zero-order valence-corrected chi connectivity index (χ0v) is 9.80. The van der Waals surface area contributed by atoms with Crippen LogP contribution in [0.25, 0.3) is 0 Å². The first-order chi connectivity index (χ1) is 7.56. The van der Waals surface area contributed by atoms with E-state index in [0.29, 0.717) is 0 Å². The Balaban J connectivity index is 2.89. The van der Waals surface area contributed by atoms with Gasteiger partial charge in [0.2, 0.25) is 0 Å². The molecule has 0 fully saturated rings. The van der Waals surface area contributed by atoms with Gasteiger partial charge in [-0.15, -0.1) is 0 Å². The Kier molecular flexibility index (Phi) is 4.31. The number of rotatable bonds is 5. The first kappa shape index (κ1) is 12.5. The quantitative estimate of drug-likeness (QED) is 0.823. The van der Waals surface area contributed by atoms with Gasteiger partial charge in [0.25, 0.3) is 0 Å². The highest BCUT2D eigenvalue weighted by Gasteiger charge is 2.19. The molecule has 0 spiro atoms. The molecule has 0 aliphatic carbocycles. The van der Waals surface area contributed by atoms with Crippen molar-refractivity contribution in [2.24, 2.45) is 0 Å². The van der Waals surface area contributed by atoms with Gasteiger partial charge in [-0.05, 0) is 17.7 Å². The number of methoxy groups -OCH3 is 1. The van der Waals surface area contributed by atoms with Crippen LogP contribution in [0.4, 0.5) is 5.69 Å². The van der Waals surface area contributed by atoms with Crippen LogP contribution in [-0.4, -0.2) is 38.9 Å². The number of hydrogen-bond donors (Lipinski definition) is 1. The van der Waals surface area contributed by atoms with Crippen molar-refractivity contribution < 1.29 is 14.6 Å². The van der Waals surface area contributed by atoms with Gasteiger partial charge in [-0.2, -0.15) is 0 Å². The number of benzene rings is 1. The van der Waals surface area contributed by atoms with Gasteiger partial charge in [-0.25, -0.2) is 0 Å². The average molecular weight is 223 g/mol. The van der Waals surface area contributed by atoms with Crippen molar-refractivity contribution in [2.75, 3.05) is 32.7 Å². The fraction of sp³-hybridized carbons (Fsp3) is 0.417. The van der Waals surface area contributed by atoms with E-state index < -0.39 is 11.9 Å². The molecule has 16 heavy (non-hydrogen) atoms. The molecule has 0 bridgehead atoms. The van der Waals surface area contributed by atoms with Gasteiger partial charge in [0.15, 0.2) is 0 Å². The first-order valence-corrected chi connectivity index (χ1v) is 5.05. The molecule has 1 aromatic carbocycles. The summed E-state index contributed by atoms with van der Waals surface area (Å²) in [6, 6.07) is 7.46. The Morgan fingerprint density at radius 1 is 1.38 bits per heavy atom. The number of carboxylic acids is 1. The zero-order chi connectivity index (χ0) is 12.1. The summed E-state index contributed by atoms with van der Waals surface area (Å²) in [5, 5.41) is 9.05. The topological polar surface area (TPSA) is 49.8 Å². The lowest BCUT2D eigenvalue weighted by atomic mass is 10.00. The van der Waals surface area contributed by atoms with Crippen LogP contribution in [-0.2, 0) is 9.53 Å². The van der Waals surface area contributed by atoms with Crippen molar-refractivity contribution in [1.29, 1.82) is 0 Å². The van der Waals surface area contributed by atoms with E-state index in [0.717, 1.165) is 11.3 Å². The molecule has 0 aliphatic rings. The number of ether oxygens (including phenoxy) is 1. The molecule has 1 rings (SSSR count). The van der Waals surface area contributed by atoms with E-state index in [2.05, 4.69) is 0 Å². The second-order valence-corrected chi connectivity index (χ2v) is 3.83. The third-order valence-electron chi connectivity index (χ3n) is 2.44. The Bertz CT molecular complexity index is 346. The maximum atomic E-state index is 11.0. The van der Waals surface area contributed by atoms with Crippen LogP contribution >= 0.6 is 0 Å². The fourth-order valence-electron chi connectivity index (χ4n) is 1.48. The molecule has 1 N–H and O–H groups in total. The lowest BCUT2D eigenvalue weighted by Gasteiger charge is -2.15. The number of carboxylic acid groups (broad SMARTS) is 1. The SMILES string of the molecule is COCC(C(=O)O)c1ccc(N(C)C)cc1. The Hall–Kier alpha value is -1.55. The molecule has 0 radical (unpaired) electrons. The average Bonchev–Trinajstić information content (AvgIpc) is 2.25. The van der Waals surface area contributed by atoms with Gasteiger partial charge < -0.3 is 14.7 Å². The predicted octanol–water partition coefficient (Wildman–Crippen LogP) is 1.57. The first-order valence-electron chi connectivity index (χ1n) is 5.05. The van der Waals surface area contributed by atoms with Crippen LogP contribution in [0.3, 0.4) is 0 Å². The zero-order valence-electron chi connectivity index (χ0n) is 9.80. The molecule has 0 heterocycles. The van der Waals surface area contributed by atoms with Crippen molar-refractivity contribution in [2.45, 2.75) is 5.92 Å². The van der Waals surface area contributed by atoms with Crippen molar-refractivity contribution in [3.8, 4) is 0 Å². The highest BCUT2D eigenvalue weighted by Crippen LogP contribution is 2.20. The van der Waals surface area contributed by atoms with E-state index >= 15 is 0 Å². The molecule has 0 saturated carbocycles. The maximum Gasteiger partial charge on any atom is 0.313 e. The van der Waals surface area contributed by atoms with Gasteiger partial charge in [0.05, 0.1) is 6.61 Å². The van der Waals surface area contributed by atoms with E-state index in [1.807, 2.05) is 43.3 Å². The minimum Gasteiger partial charge on any atom is -0.481 e. The molecule has 1 aromatic rings. The molecule has 0 aliphatic heterocycles. The monoisotopic (exact) mass is 223 g/mol. The highest BCUT2D eigenvalue weighted by atomic mass is 16.5. The van der Waals surface area contributed by atoms with Crippen molar-refractivity contribution in [3.05, 3.63) is 29.8 Å². The molecular formula is C12H17NO3. The molecule has 0 amide bonds. The summed E-state index contributed by atoms with van der Waals surface area (Å²) in [7, 11) is 5.39. The largest absolute Gasteiger partial charge is 0.481 e. The van der Waals surface area contributed by atoms with E-state index in [4.69, 9.17) is 9.84 Å². The maximum absolute atomic E-state index is 11.0. The molecule has 4 nitrogen and oxygen atoms in total. The van der Waals surface area contributed by atoms with Crippen molar-refractivity contribution in [3.63, 3.8) is 0 Å². The molecule has 88 valence electrons. The minimum absolute atomic E-state index is 0.191. The van der Waals surface area contributed by atoms with Crippen LogP contribution in [0, 0.1) is 0 Å². The van der Waals surface area contributed by atoms with Gasteiger partial charge in [-0.1, -0.05) is 12.1 Å². The second kappa shape index (κ2) is 5.51. The summed E-state index contributed by atoms with van der Waals surface area (Å²) >= 11 is 0. The molecule has 0 aromatic heterocycles. The molecule has 4 heteroatoms. The Morgan fingerprint density at radius 3 is 2.31 bits per heavy atom. The lowest BCUT2D eigenvalue weighted by Crippen LogP contribution is -2.17. The number of nitrogens with zero attached hydrogens (tertiary/aromatic N) is 1. The van der Waals surface area contributed by atoms with Gasteiger partial charge in [0, 0.05) is 26.9 Å². The third kappa shape index (κ3) is 2.97. The second-order valence-electron chi connectivity index (χ2n) is 3.83. The van der Waals surface area contributed by atoms with Crippen molar-refractivity contribution >= 4 is 11.7 Å². The number of anilines is 1. The van der Waals surface area contributed by atoms with Crippen LogP contribution in [0.1, 0.15) is 11.5 Å². The van der Waals surface area contributed by atoms with E-state index in [1.165, 1.54) is 7.11 Å². The number of aliphatic carboxylic acids is 1. The summed E-state index contributed by atoms with van der Waals surface area (Å²) < 4.78 is 4.91. The Labute approximate surface area is 95.5 Å². The van der Waals surface area contributed by atoms with E-state index in [9.17, 15) is 4.79 Å². The standard InChI is InChI=1S/C12H17NO3/c1-13(2)10-6-4-9(5-7-10)11(8-16-3)12(14)15/h4-7,11H,8H2,1-3H3,(H,14,15). The molecule has 1 unspecified atom stereocenters. The fourth-order valence-corrected chi connectivity index (χ4v) is 1.48. The van der Waals surface area contributed by atoms with Gasteiger partial charge in [0.1, 0.15) is 5.92 Å². The predicted molar refractivity (Wildman–Crippen MR) is 63.0 cm³/mol. The molecular weight excluding hydrogens is 206 g/mol. The summed E-state index contributed by atoms with van der Waals surface area (Å²) in [6.45, 7) is 0.191. The van der Waals surface area contributed by atoms with Crippen molar-refractivity contribution in [1.82, 2.24) is 0 Å². The third-order valence-corrected chi connectivity index (χ3v) is 2.44. The van der Waals surface area contributed by atoms with Gasteiger partial charge in [-0.3, -0.25) is 4.79 Å². The lowest BCUT2D eigenvalue weighted by molar-refractivity contribution is -0.140. The number of carbonyl (C=O) groups is 1.